The minimum atomic E-state index is 0.592. The fraction of sp³-hybridized carbons (Fsp3) is 0.226. The van der Waals surface area contributed by atoms with Gasteiger partial charge in [0.25, 0.3) is 0 Å². The molecular weight excluding hydrogens is 372 g/mol. The van der Waals surface area contributed by atoms with Gasteiger partial charge in [-0.25, -0.2) is 0 Å². The quantitative estimate of drug-likeness (QED) is 0.387. The Kier molecular flexibility index (Phi) is 9.42. The van der Waals surface area contributed by atoms with Crippen LogP contribution >= 0.6 is 0 Å². The van der Waals surface area contributed by atoms with Gasteiger partial charge in [0, 0.05) is 22.3 Å². The van der Waals surface area contributed by atoms with Crippen molar-refractivity contribution in [3.05, 3.63) is 113 Å². The third-order valence-corrected chi connectivity index (χ3v) is 5.06. The minimum absolute atomic E-state index is 0.592. The monoisotopic (exact) mass is 404 g/mol. The molecule has 0 aliphatic rings. The summed E-state index contributed by atoms with van der Waals surface area (Å²) in [5.41, 5.74) is 7.60. The molecule has 0 fully saturated rings. The molecule has 0 spiro atoms. The van der Waals surface area contributed by atoms with E-state index in [1.165, 1.54) is 5.56 Å². The first kappa shape index (κ1) is 23.8. The highest BCUT2D eigenvalue weighted by Crippen LogP contribution is 2.18. The largest absolute Gasteiger partial charge is 0.0955 e. The first-order valence-electron chi connectivity index (χ1n) is 11.0. The summed E-state index contributed by atoms with van der Waals surface area (Å²) in [6, 6.07) is 24.8. The van der Waals surface area contributed by atoms with E-state index in [4.69, 9.17) is 0 Å². The second-order valence-electron chi connectivity index (χ2n) is 7.37. The maximum Gasteiger partial charge on any atom is 0.0249 e. The van der Waals surface area contributed by atoms with Gasteiger partial charge >= 0.3 is 0 Å². The molecular formula is C31H32. The minimum Gasteiger partial charge on any atom is -0.0955 e. The lowest BCUT2D eigenvalue weighted by Crippen LogP contribution is -1.90. The lowest BCUT2D eigenvalue weighted by molar-refractivity contribution is 0.733. The highest BCUT2D eigenvalue weighted by molar-refractivity contribution is 5.62. The Hall–Kier alpha value is -3.48. The summed E-state index contributed by atoms with van der Waals surface area (Å²) < 4.78 is 0. The van der Waals surface area contributed by atoms with Crippen LogP contribution in [0, 0.1) is 23.7 Å². The number of hydrogen-bond donors (Lipinski definition) is 0. The van der Waals surface area contributed by atoms with Crippen molar-refractivity contribution < 1.29 is 0 Å². The van der Waals surface area contributed by atoms with Crippen LogP contribution in [0.4, 0.5) is 0 Å². The second kappa shape index (κ2) is 12.3. The smallest absolute Gasteiger partial charge is 0.0249 e. The molecule has 156 valence electrons. The van der Waals surface area contributed by atoms with Crippen LogP contribution in [0.25, 0.3) is 5.57 Å². The highest BCUT2D eigenvalue weighted by atomic mass is 14.1. The molecule has 0 saturated heterocycles. The SMILES string of the molecule is C=C(C)c1ccc(C#Cc2ccc(C#Cc3ccc(C(C)CC)cc3)cc2)cc1.CC. The predicted octanol–water partition coefficient (Wildman–Crippen LogP) is 8.06. The molecule has 1 unspecified atom stereocenters. The van der Waals surface area contributed by atoms with Crippen molar-refractivity contribution in [1.82, 2.24) is 0 Å². The van der Waals surface area contributed by atoms with Crippen molar-refractivity contribution in [1.29, 1.82) is 0 Å². The van der Waals surface area contributed by atoms with Crippen LogP contribution in [-0.2, 0) is 0 Å². The third kappa shape index (κ3) is 7.37. The lowest BCUT2D eigenvalue weighted by Gasteiger charge is -2.07. The molecule has 1 atom stereocenters. The Morgan fingerprint density at radius 2 is 1.00 bits per heavy atom. The third-order valence-electron chi connectivity index (χ3n) is 5.06. The fourth-order valence-electron chi connectivity index (χ4n) is 2.89. The van der Waals surface area contributed by atoms with E-state index in [2.05, 4.69) is 80.5 Å². The van der Waals surface area contributed by atoms with Crippen molar-refractivity contribution in [2.75, 3.05) is 0 Å². The molecule has 0 bridgehead atoms. The number of rotatable bonds is 3. The Balaban J connectivity index is 0.00000166. The average molecular weight is 405 g/mol. The van der Waals surface area contributed by atoms with Crippen LogP contribution in [0.15, 0.2) is 79.4 Å². The van der Waals surface area contributed by atoms with Gasteiger partial charge in [-0.05, 0) is 78.9 Å². The van der Waals surface area contributed by atoms with Gasteiger partial charge in [-0.1, -0.05) is 87.8 Å². The summed E-state index contributed by atoms with van der Waals surface area (Å²) in [5.74, 6) is 13.5. The summed E-state index contributed by atoms with van der Waals surface area (Å²) >= 11 is 0. The fourth-order valence-corrected chi connectivity index (χ4v) is 2.89. The summed E-state index contributed by atoms with van der Waals surface area (Å²) in [4.78, 5) is 0. The van der Waals surface area contributed by atoms with Crippen LogP contribution in [0.5, 0.6) is 0 Å². The maximum absolute atomic E-state index is 3.96. The zero-order valence-electron chi connectivity index (χ0n) is 19.4. The Bertz CT molecular complexity index is 1090. The van der Waals surface area contributed by atoms with Gasteiger partial charge in [-0.3, -0.25) is 0 Å². The molecule has 0 amide bonds. The molecule has 0 heteroatoms. The van der Waals surface area contributed by atoms with Crippen molar-refractivity contribution in [3.8, 4) is 23.7 Å². The molecule has 0 radical (unpaired) electrons. The topological polar surface area (TPSA) is 0 Å². The Labute approximate surface area is 189 Å². The summed E-state index contributed by atoms with van der Waals surface area (Å²) in [5, 5.41) is 0. The summed E-state index contributed by atoms with van der Waals surface area (Å²) in [7, 11) is 0. The van der Waals surface area contributed by atoms with Gasteiger partial charge in [0.2, 0.25) is 0 Å². The highest BCUT2D eigenvalue weighted by Gasteiger charge is 2.01. The molecule has 3 aromatic carbocycles. The van der Waals surface area contributed by atoms with E-state index in [0.717, 1.165) is 39.8 Å². The van der Waals surface area contributed by atoms with Gasteiger partial charge < -0.3 is 0 Å². The van der Waals surface area contributed by atoms with E-state index in [9.17, 15) is 0 Å². The van der Waals surface area contributed by atoms with Gasteiger partial charge in [0.05, 0.1) is 0 Å². The van der Waals surface area contributed by atoms with E-state index in [1.54, 1.807) is 0 Å². The molecule has 0 aromatic heterocycles. The van der Waals surface area contributed by atoms with Crippen molar-refractivity contribution in [2.45, 2.75) is 47.0 Å². The summed E-state index contributed by atoms with van der Waals surface area (Å²) in [6.45, 7) is 14.4. The van der Waals surface area contributed by atoms with Crippen LogP contribution in [0.2, 0.25) is 0 Å². The van der Waals surface area contributed by atoms with Crippen molar-refractivity contribution in [2.24, 2.45) is 0 Å². The van der Waals surface area contributed by atoms with E-state index < -0.39 is 0 Å². The number of allylic oxidation sites excluding steroid dienone is 1. The first-order valence-corrected chi connectivity index (χ1v) is 11.0. The molecule has 0 saturated carbocycles. The van der Waals surface area contributed by atoms with Gasteiger partial charge in [0.15, 0.2) is 0 Å². The normalized spacial score (nSPS) is 10.4. The van der Waals surface area contributed by atoms with Crippen molar-refractivity contribution in [3.63, 3.8) is 0 Å². The average Bonchev–Trinajstić information content (AvgIpc) is 2.83. The van der Waals surface area contributed by atoms with Gasteiger partial charge in [-0.15, -0.1) is 0 Å². The van der Waals surface area contributed by atoms with E-state index >= 15 is 0 Å². The molecule has 0 nitrogen and oxygen atoms in total. The zero-order valence-corrected chi connectivity index (χ0v) is 19.4. The molecule has 0 N–H and O–H groups in total. The van der Waals surface area contributed by atoms with Crippen LogP contribution in [0.3, 0.4) is 0 Å². The standard InChI is InChI=1S/C29H26.C2H6/c1-5-23(4)29-20-16-27(17-21-29)13-11-25-8-6-24(7-9-25)10-12-26-14-18-28(19-15-26)22(2)3;1-2/h6-9,14-21,23H,2,5H2,1,3-4H3;1-2H3. The van der Waals surface area contributed by atoms with Crippen LogP contribution < -0.4 is 0 Å². The van der Waals surface area contributed by atoms with E-state index in [1.807, 2.05) is 57.2 Å². The van der Waals surface area contributed by atoms with Gasteiger partial charge in [0.1, 0.15) is 0 Å². The molecule has 3 rings (SSSR count). The zero-order chi connectivity index (χ0) is 22.6. The lowest BCUT2D eigenvalue weighted by atomic mass is 9.98. The number of hydrogen-bond acceptors (Lipinski definition) is 0. The maximum atomic E-state index is 3.96. The second-order valence-corrected chi connectivity index (χ2v) is 7.37. The van der Waals surface area contributed by atoms with Crippen molar-refractivity contribution >= 4 is 5.57 Å². The predicted molar refractivity (Wildman–Crippen MR) is 136 cm³/mol. The van der Waals surface area contributed by atoms with Crippen LogP contribution in [-0.4, -0.2) is 0 Å². The molecule has 0 heterocycles. The number of benzene rings is 3. The van der Waals surface area contributed by atoms with E-state index in [-0.39, 0.29) is 0 Å². The molecule has 31 heavy (non-hydrogen) atoms. The first-order chi connectivity index (χ1) is 15.0. The molecule has 0 aliphatic carbocycles. The summed E-state index contributed by atoms with van der Waals surface area (Å²) in [6.07, 6.45) is 1.15. The molecule has 0 aliphatic heterocycles. The van der Waals surface area contributed by atoms with Crippen LogP contribution in [0.1, 0.15) is 80.3 Å². The molecule has 3 aromatic rings. The Morgan fingerprint density at radius 1 is 0.677 bits per heavy atom. The van der Waals surface area contributed by atoms with E-state index in [0.29, 0.717) is 5.92 Å². The Morgan fingerprint density at radius 3 is 1.32 bits per heavy atom. The van der Waals surface area contributed by atoms with Gasteiger partial charge in [-0.2, -0.15) is 0 Å².